The molecule has 0 unspecified atom stereocenters. The van der Waals surface area contributed by atoms with Crippen LogP contribution in [0, 0.1) is 0 Å². The predicted octanol–water partition coefficient (Wildman–Crippen LogP) is 2.42. The Morgan fingerprint density at radius 2 is 2.17 bits per heavy atom. The number of amides is 1. The van der Waals surface area contributed by atoms with Crippen LogP contribution in [-0.4, -0.2) is 37.1 Å². The van der Waals surface area contributed by atoms with E-state index in [1.54, 1.807) is 30.2 Å². The van der Waals surface area contributed by atoms with Crippen molar-refractivity contribution in [2.24, 2.45) is 0 Å². The first-order valence-electron chi connectivity index (χ1n) is 5.83. The first kappa shape index (κ1) is 14.8. The summed E-state index contributed by atoms with van der Waals surface area (Å²) in [5.74, 6) is -0.162. The lowest BCUT2D eigenvalue weighted by atomic mass is 10.1. The fourth-order valence-electron chi connectivity index (χ4n) is 1.69. The maximum atomic E-state index is 12.4. The summed E-state index contributed by atoms with van der Waals surface area (Å²) in [6.07, 6.45) is 0. The van der Waals surface area contributed by atoms with Gasteiger partial charge in [0.05, 0.1) is 17.2 Å². The highest BCUT2D eigenvalue weighted by Crippen LogP contribution is 2.24. The summed E-state index contributed by atoms with van der Waals surface area (Å²) in [6.45, 7) is 4.88. The van der Waals surface area contributed by atoms with Crippen molar-refractivity contribution in [3.05, 3.63) is 28.8 Å². The molecule has 0 radical (unpaired) electrons. The smallest absolute Gasteiger partial charge is 0.257 e. The highest BCUT2D eigenvalue weighted by molar-refractivity contribution is 6.34. The highest BCUT2D eigenvalue weighted by atomic mass is 35.5. The molecule has 1 amide bonds. The molecule has 0 bridgehead atoms. The van der Waals surface area contributed by atoms with Crippen LogP contribution in [0.25, 0.3) is 0 Å². The van der Waals surface area contributed by atoms with Gasteiger partial charge in [0.1, 0.15) is 0 Å². The molecule has 0 atom stereocenters. The van der Waals surface area contributed by atoms with Gasteiger partial charge in [0.15, 0.2) is 0 Å². The molecule has 0 aliphatic heterocycles. The molecule has 0 spiro atoms. The Hall–Kier alpha value is -1.26. The van der Waals surface area contributed by atoms with Crippen LogP contribution in [0.2, 0.25) is 5.02 Å². The third kappa shape index (κ3) is 3.37. The van der Waals surface area contributed by atoms with Crippen molar-refractivity contribution in [2.45, 2.75) is 19.9 Å². The number of hydrogen-bond donors (Lipinski definition) is 1. The van der Waals surface area contributed by atoms with Crippen molar-refractivity contribution in [3.8, 4) is 0 Å². The summed E-state index contributed by atoms with van der Waals surface area (Å²) < 4.78 is 5.01. The van der Waals surface area contributed by atoms with Gasteiger partial charge in [-0.05, 0) is 26.0 Å². The molecule has 0 aliphatic carbocycles. The number of methoxy groups -OCH3 is 1. The van der Waals surface area contributed by atoms with Crippen LogP contribution in [0.3, 0.4) is 0 Å². The molecule has 1 rings (SSSR count). The van der Waals surface area contributed by atoms with E-state index in [2.05, 4.69) is 0 Å². The molecule has 0 heterocycles. The number of halogens is 1. The van der Waals surface area contributed by atoms with E-state index in [0.717, 1.165) is 0 Å². The number of carbonyl (C=O) groups is 1. The number of benzene rings is 1. The van der Waals surface area contributed by atoms with E-state index in [4.69, 9.17) is 22.1 Å². The second-order valence-electron chi connectivity index (χ2n) is 4.29. The van der Waals surface area contributed by atoms with Gasteiger partial charge in [-0.25, -0.2) is 0 Å². The van der Waals surface area contributed by atoms with Gasteiger partial charge in [-0.15, -0.1) is 0 Å². The SMILES string of the molecule is COCCN(C(=O)c1c(N)cccc1Cl)C(C)C. The number of nitrogens with zero attached hydrogens (tertiary/aromatic N) is 1. The molecule has 0 aromatic heterocycles. The van der Waals surface area contributed by atoms with Crippen LogP contribution in [0.5, 0.6) is 0 Å². The zero-order valence-corrected chi connectivity index (χ0v) is 11.7. The van der Waals surface area contributed by atoms with Gasteiger partial charge < -0.3 is 15.4 Å². The van der Waals surface area contributed by atoms with E-state index in [0.29, 0.717) is 29.4 Å². The molecular formula is C13H19ClN2O2. The van der Waals surface area contributed by atoms with E-state index < -0.39 is 0 Å². The standard InChI is InChI=1S/C13H19ClN2O2/c1-9(2)16(7-8-18-3)13(17)12-10(14)5-4-6-11(12)15/h4-6,9H,7-8,15H2,1-3H3. The molecule has 18 heavy (non-hydrogen) atoms. The monoisotopic (exact) mass is 270 g/mol. The van der Waals surface area contributed by atoms with Crippen LogP contribution in [-0.2, 0) is 4.74 Å². The second-order valence-corrected chi connectivity index (χ2v) is 4.70. The normalized spacial score (nSPS) is 10.7. The number of nitrogens with two attached hydrogens (primary N) is 1. The third-order valence-electron chi connectivity index (χ3n) is 2.68. The summed E-state index contributed by atoms with van der Waals surface area (Å²) >= 11 is 6.05. The van der Waals surface area contributed by atoms with Gasteiger partial charge >= 0.3 is 0 Å². The highest BCUT2D eigenvalue weighted by Gasteiger charge is 2.22. The average Bonchev–Trinajstić information content (AvgIpc) is 2.28. The zero-order chi connectivity index (χ0) is 13.7. The van der Waals surface area contributed by atoms with Crippen molar-refractivity contribution >= 4 is 23.2 Å². The fourth-order valence-corrected chi connectivity index (χ4v) is 1.96. The maximum absolute atomic E-state index is 12.4. The van der Waals surface area contributed by atoms with Gasteiger partial charge in [0.25, 0.3) is 5.91 Å². The molecule has 0 saturated carbocycles. The zero-order valence-electron chi connectivity index (χ0n) is 10.9. The minimum Gasteiger partial charge on any atom is -0.398 e. The van der Waals surface area contributed by atoms with E-state index in [-0.39, 0.29) is 11.9 Å². The Kier molecular flexibility index (Phi) is 5.44. The summed E-state index contributed by atoms with van der Waals surface area (Å²) in [4.78, 5) is 14.1. The van der Waals surface area contributed by atoms with E-state index in [9.17, 15) is 4.79 Å². The lowest BCUT2D eigenvalue weighted by Gasteiger charge is -2.27. The minimum absolute atomic E-state index is 0.0586. The minimum atomic E-state index is -0.162. The lowest BCUT2D eigenvalue weighted by molar-refractivity contribution is 0.0636. The van der Waals surface area contributed by atoms with Crippen molar-refractivity contribution < 1.29 is 9.53 Å². The molecular weight excluding hydrogens is 252 g/mol. The summed E-state index contributed by atoms with van der Waals surface area (Å²) in [7, 11) is 1.60. The number of ether oxygens (including phenoxy) is 1. The molecule has 100 valence electrons. The van der Waals surface area contributed by atoms with Gasteiger partial charge in [0, 0.05) is 25.4 Å². The van der Waals surface area contributed by atoms with E-state index in [1.807, 2.05) is 13.8 Å². The second kappa shape index (κ2) is 6.61. The molecule has 0 aliphatic rings. The van der Waals surface area contributed by atoms with Crippen LogP contribution >= 0.6 is 11.6 Å². The van der Waals surface area contributed by atoms with Crippen molar-refractivity contribution in [2.75, 3.05) is 26.0 Å². The Balaban J connectivity index is 3.02. The number of nitrogen functional groups attached to an aromatic ring is 1. The molecule has 0 fully saturated rings. The van der Waals surface area contributed by atoms with Gasteiger partial charge in [-0.3, -0.25) is 4.79 Å². The summed E-state index contributed by atoms with van der Waals surface area (Å²) in [5, 5.41) is 0.378. The number of carbonyl (C=O) groups excluding carboxylic acids is 1. The molecule has 1 aromatic rings. The molecule has 1 aromatic carbocycles. The summed E-state index contributed by atoms with van der Waals surface area (Å²) in [6, 6.07) is 5.13. The largest absolute Gasteiger partial charge is 0.398 e. The predicted molar refractivity (Wildman–Crippen MR) is 73.9 cm³/mol. The van der Waals surface area contributed by atoms with Crippen LogP contribution in [0.1, 0.15) is 24.2 Å². The van der Waals surface area contributed by atoms with Crippen molar-refractivity contribution in [3.63, 3.8) is 0 Å². The Morgan fingerprint density at radius 1 is 1.50 bits per heavy atom. The molecule has 2 N–H and O–H groups in total. The topological polar surface area (TPSA) is 55.6 Å². The van der Waals surface area contributed by atoms with E-state index >= 15 is 0 Å². The first-order chi connectivity index (χ1) is 8.49. The molecule has 5 heteroatoms. The van der Waals surface area contributed by atoms with E-state index in [1.165, 1.54) is 0 Å². The summed E-state index contributed by atoms with van der Waals surface area (Å²) in [5.41, 5.74) is 6.59. The van der Waals surface area contributed by atoms with Crippen LogP contribution in [0.15, 0.2) is 18.2 Å². The van der Waals surface area contributed by atoms with Crippen LogP contribution in [0.4, 0.5) is 5.69 Å². The third-order valence-corrected chi connectivity index (χ3v) is 3.00. The van der Waals surface area contributed by atoms with Crippen molar-refractivity contribution in [1.82, 2.24) is 4.90 Å². The van der Waals surface area contributed by atoms with Crippen molar-refractivity contribution in [1.29, 1.82) is 0 Å². The Labute approximate surface area is 113 Å². The lowest BCUT2D eigenvalue weighted by Crippen LogP contribution is -2.39. The number of hydrogen-bond acceptors (Lipinski definition) is 3. The molecule has 4 nitrogen and oxygen atoms in total. The van der Waals surface area contributed by atoms with Gasteiger partial charge in [-0.1, -0.05) is 17.7 Å². The Bertz CT molecular complexity index is 401. The van der Waals surface area contributed by atoms with Gasteiger partial charge in [0.2, 0.25) is 0 Å². The average molecular weight is 271 g/mol. The number of anilines is 1. The Morgan fingerprint density at radius 3 is 2.67 bits per heavy atom. The van der Waals surface area contributed by atoms with Gasteiger partial charge in [-0.2, -0.15) is 0 Å². The fraction of sp³-hybridized carbons (Fsp3) is 0.462. The maximum Gasteiger partial charge on any atom is 0.257 e. The number of rotatable bonds is 5. The first-order valence-corrected chi connectivity index (χ1v) is 6.20. The van der Waals surface area contributed by atoms with Crippen LogP contribution < -0.4 is 5.73 Å². The molecule has 0 saturated heterocycles. The quantitative estimate of drug-likeness (QED) is 0.836.